The van der Waals surface area contributed by atoms with Crippen LogP contribution in [0.2, 0.25) is 0 Å². The molecule has 7 nitrogen and oxygen atoms in total. The summed E-state index contributed by atoms with van der Waals surface area (Å²) in [5.41, 5.74) is -4.46. The second-order valence-electron chi connectivity index (χ2n) is 15.7. The van der Waals surface area contributed by atoms with Gasteiger partial charge in [-0.15, -0.1) is 0 Å². The van der Waals surface area contributed by atoms with Crippen molar-refractivity contribution in [1.29, 1.82) is 5.26 Å². The molecule has 6 aliphatic rings. The maximum atomic E-state index is 14.5. The van der Waals surface area contributed by atoms with Gasteiger partial charge < -0.3 is 14.6 Å². The topological polar surface area (TPSA) is 117 Å². The fourth-order valence-electron chi connectivity index (χ4n) is 11.0. The van der Waals surface area contributed by atoms with Gasteiger partial charge in [0.15, 0.2) is 11.6 Å². The lowest BCUT2D eigenvalue weighted by molar-refractivity contribution is -0.207. The molecule has 7 heteroatoms. The van der Waals surface area contributed by atoms with Crippen molar-refractivity contribution < 1.29 is 29.0 Å². The molecule has 0 aromatic heterocycles. The zero-order chi connectivity index (χ0) is 28.8. The number of hydrogen-bond acceptors (Lipinski definition) is 7. The highest BCUT2D eigenvalue weighted by Gasteiger charge is 2.83. The number of rotatable bonds is 1. The fourth-order valence-corrected chi connectivity index (χ4v) is 11.0. The summed E-state index contributed by atoms with van der Waals surface area (Å²) in [5, 5.41) is 22.2. The predicted octanol–water partition coefficient (Wildman–Crippen LogP) is 4.56. The molecule has 5 fully saturated rings. The average molecular weight is 538 g/mol. The van der Waals surface area contributed by atoms with Crippen molar-refractivity contribution in [1.82, 2.24) is 0 Å². The minimum Gasteiger partial charge on any atom is -0.469 e. The predicted molar refractivity (Wildman–Crippen MR) is 142 cm³/mol. The quantitative estimate of drug-likeness (QED) is 0.385. The maximum absolute atomic E-state index is 14.5. The normalized spacial score (nSPS) is 52.5. The molecule has 0 amide bonds. The van der Waals surface area contributed by atoms with Crippen LogP contribution in [0, 0.1) is 61.6 Å². The lowest BCUT2D eigenvalue weighted by Gasteiger charge is -2.70. The smallest absolute Gasteiger partial charge is 0.312 e. The van der Waals surface area contributed by atoms with Gasteiger partial charge in [-0.1, -0.05) is 48.5 Å². The first kappa shape index (κ1) is 27.1. The van der Waals surface area contributed by atoms with Crippen molar-refractivity contribution in [3.05, 3.63) is 11.6 Å². The van der Waals surface area contributed by atoms with Gasteiger partial charge in [-0.2, -0.15) is 5.26 Å². The molecule has 1 N–H and O–H groups in total. The van der Waals surface area contributed by atoms with Crippen molar-refractivity contribution in [3.63, 3.8) is 0 Å². The number of ether oxygens (including phenoxy) is 2. The van der Waals surface area contributed by atoms with Crippen LogP contribution in [0.1, 0.15) is 87.0 Å². The van der Waals surface area contributed by atoms with Crippen molar-refractivity contribution in [2.24, 2.45) is 50.2 Å². The number of epoxide rings is 1. The third-order valence-corrected chi connectivity index (χ3v) is 13.4. The summed E-state index contributed by atoms with van der Waals surface area (Å²) in [6.45, 7) is 14.4. The molecule has 5 aliphatic carbocycles. The number of aliphatic hydroxyl groups excluding tert-OH is 1. The zero-order valence-corrected chi connectivity index (χ0v) is 24.6. The SMILES string of the molecule is COC(=O)[C@]12CCC(C)(C)C[C@H]1[C@H]1C(=O)C=C3[C@@]4(C)C5OC5(C#N)C(=O)C(C)(C)[C@@H]4CC(O)[C@@]3(C)[C@]1(C)CC2. The highest BCUT2D eigenvalue weighted by atomic mass is 16.6. The number of Topliss-reactive ketones (excluding diaryl/α,β-unsaturated/α-hetero) is 1. The monoisotopic (exact) mass is 537 g/mol. The Bertz CT molecular complexity index is 1280. The average Bonchev–Trinajstić information content (AvgIpc) is 3.63. The molecule has 212 valence electrons. The van der Waals surface area contributed by atoms with E-state index in [1.807, 2.05) is 20.8 Å². The van der Waals surface area contributed by atoms with E-state index in [1.165, 1.54) is 7.11 Å². The number of carbonyl (C=O) groups excluding carboxylic acids is 3. The van der Waals surface area contributed by atoms with E-state index in [0.29, 0.717) is 25.7 Å². The van der Waals surface area contributed by atoms with Gasteiger partial charge >= 0.3 is 5.97 Å². The van der Waals surface area contributed by atoms with E-state index in [2.05, 4.69) is 33.8 Å². The van der Waals surface area contributed by atoms with Gasteiger partial charge in [-0.05, 0) is 72.8 Å². The van der Waals surface area contributed by atoms with Gasteiger partial charge in [-0.3, -0.25) is 14.4 Å². The van der Waals surface area contributed by atoms with Gasteiger partial charge in [0.2, 0.25) is 5.60 Å². The summed E-state index contributed by atoms with van der Waals surface area (Å²) >= 11 is 0. The molecule has 1 saturated heterocycles. The number of methoxy groups -OCH3 is 1. The molecule has 4 saturated carbocycles. The van der Waals surface area contributed by atoms with Crippen molar-refractivity contribution in [2.45, 2.75) is 105 Å². The molecule has 10 atom stereocenters. The molecule has 1 aliphatic heterocycles. The molecule has 1 heterocycles. The Balaban J connectivity index is 1.55. The van der Waals surface area contributed by atoms with E-state index in [1.54, 1.807) is 6.08 Å². The van der Waals surface area contributed by atoms with E-state index in [4.69, 9.17) is 9.47 Å². The van der Waals surface area contributed by atoms with Gasteiger partial charge in [0.1, 0.15) is 12.2 Å². The number of esters is 1. The van der Waals surface area contributed by atoms with Crippen LogP contribution >= 0.6 is 0 Å². The molecule has 0 bridgehead atoms. The standard InChI is InChI=1S/C32H43NO6/c1-26(2)9-11-31(25(37)38-8)12-10-28(5)22(17(31)15-26)18(34)13-20-29(6)19(14-21(35)30(20,28)7)27(3,4)23(36)32(16-33)24(29)39-32/h13,17,19,21-22,24,35H,9-12,14-15H2,1-8H3/t17-,19-,21?,22-,24?,28+,29-,30-,31-,32?/m0/s1. The molecular formula is C32H43NO6. The number of aliphatic hydroxyl groups is 1. The highest BCUT2D eigenvalue weighted by Crippen LogP contribution is 2.77. The van der Waals surface area contributed by atoms with Crippen LogP contribution in [0.4, 0.5) is 0 Å². The van der Waals surface area contributed by atoms with Crippen LogP contribution in [0.5, 0.6) is 0 Å². The van der Waals surface area contributed by atoms with E-state index in [9.17, 15) is 24.8 Å². The van der Waals surface area contributed by atoms with Gasteiger partial charge in [0, 0.05) is 22.2 Å². The van der Waals surface area contributed by atoms with Gasteiger partial charge in [-0.25, -0.2) is 0 Å². The number of nitriles is 1. The minimum atomic E-state index is -1.50. The second kappa shape index (κ2) is 7.42. The minimum absolute atomic E-state index is 0.00681. The summed E-state index contributed by atoms with van der Waals surface area (Å²) in [4.78, 5) is 41.4. The number of fused-ring (bicyclic) bond motifs is 9. The third-order valence-electron chi connectivity index (χ3n) is 13.4. The number of allylic oxidation sites excluding steroid dienone is 1. The first-order chi connectivity index (χ1) is 17.9. The summed E-state index contributed by atoms with van der Waals surface area (Å²) in [5.74, 6) is -1.35. The maximum Gasteiger partial charge on any atom is 0.312 e. The Morgan fingerprint density at radius 3 is 2.33 bits per heavy atom. The van der Waals surface area contributed by atoms with Crippen molar-refractivity contribution in [3.8, 4) is 6.07 Å². The lowest BCUT2D eigenvalue weighted by atomic mass is 9.33. The fraction of sp³-hybridized carbons (Fsp3) is 0.812. The first-order valence-electron chi connectivity index (χ1n) is 14.6. The Morgan fingerprint density at radius 1 is 1.08 bits per heavy atom. The van der Waals surface area contributed by atoms with Crippen LogP contribution in [0.3, 0.4) is 0 Å². The van der Waals surface area contributed by atoms with Crippen molar-refractivity contribution in [2.75, 3.05) is 7.11 Å². The van der Waals surface area contributed by atoms with Crippen LogP contribution < -0.4 is 0 Å². The van der Waals surface area contributed by atoms with Crippen LogP contribution in [0.25, 0.3) is 0 Å². The molecule has 0 radical (unpaired) electrons. The second-order valence-corrected chi connectivity index (χ2v) is 15.7. The molecule has 3 unspecified atom stereocenters. The molecule has 0 aromatic carbocycles. The Hall–Kier alpha value is -2.04. The molecule has 0 aromatic rings. The number of ketones is 2. The van der Waals surface area contributed by atoms with Crippen LogP contribution in [0.15, 0.2) is 11.6 Å². The summed E-state index contributed by atoms with van der Waals surface area (Å²) in [7, 11) is 1.44. The number of carbonyl (C=O) groups is 3. The first-order valence-corrected chi connectivity index (χ1v) is 14.6. The van der Waals surface area contributed by atoms with Crippen molar-refractivity contribution >= 4 is 17.5 Å². The summed E-state index contributed by atoms with van der Waals surface area (Å²) in [6, 6.07) is 2.19. The summed E-state index contributed by atoms with van der Waals surface area (Å²) in [6.07, 6.45) is 4.27. The van der Waals surface area contributed by atoms with E-state index in [0.717, 1.165) is 18.4 Å². The van der Waals surface area contributed by atoms with Gasteiger partial charge in [0.25, 0.3) is 0 Å². The van der Waals surface area contributed by atoms with E-state index < -0.39 is 50.8 Å². The third kappa shape index (κ3) is 2.79. The van der Waals surface area contributed by atoms with Crippen LogP contribution in [-0.4, -0.2) is 47.6 Å². The van der Waals surface area contributed by atoms with Crippen LogP contribution in [-0.2, 0) is 23.9 Å². The largest absolute Gasteiger partial charge is 0.469 e. The summed E-state index contributed by atoms with van der Waals surface area (Å²) < 4.78 is 11.4. The molecular weight excluding hydrogens is 494 g/mol. The Kier molecular flexibility index (Phi) is 5.16. The lowest BCUT2D eigenvalue weighted by Crippen LogP contribution is -2.71. The molecule has 6 rings (SSSR count). The Labute approximate surface area is 231 Å². The number of nitrogens with zero attached hydrogens (tertiary/aromatic N) is 1. The molecule has 0 spiro atoms. The van der Waals surface area contributed by atoms with E-state index >= 15 is 0 Å². The van der Waals surface area contributed by atoms with Gasteiger partial charge in [0.05, 0.1) is 18.6 Å². The highest BCUT2D eigenvalue weighted by molar-refractivity contribution is 6.01. The zero-order valence-electron chi connectivity index (χ0n) is 24.6. The number of hydrogen-bond donors (Lipinski definition) is 1. The molecule has 39 heavy (non-hydrogen) atoms. The van der Waals surface area contributed by atoms with E-state index in [-0.39, 0.29) is 34.8 Å². The Morgan fingerprint density at radius 2 is 1.72 bits per heavy atom.